The van der Waals surface area contributed by atoms with Crippen molar-refractivity contribution in [2.45, 2.75) is 63.7 Å². The number of hydrogen-bond acceptors (Lipinski definition) is 2. The van der Waals surface area contributed by atoms with E-state index >= 15 is 0 Å². The standard InChI is InChI=1S/C25H32O2SSe/c1-3-4-5-6-7-9-13-25(29-24-14-10-8-11-15-24)16-12-21-28(26,27)23-19-17-22(2)18-20-23/h8,10-12,14-15,17-20H,3-7,9,13,21H2,1-2H3. The summed E-state index contributed by atoms with van der Waals surface area (Å²) >= 11 is 0.189. The molecule has 0 aliphatic carbocycles. The molecule has 2 aromatic rings. The van der Waals surface area contributed by atoms with E-state index in [1.54, 1.807) is 18.2 Å². The van der Waals surface area contributed by atoms with Crippen LogP contribution in [0.4, 0.5) is 0 Å². The van der Waals surface area contributed by atoms with E-state index in [0.29, 0.717) is 4.90 Å². The van der Waals surface area contributed by atoms with Gasteiger partial charge in [0, 0.05) is 0 Å². The molecule has 0 unspecified atom stereocenters. The first-order chi connectivity index (χ1) is 14.0. The summed E-state index contributed by atoms with van der Waals surface area (Å²) in [6.07, 6.45) is 10.3. The molecule has 156 valence electrons. The van der Waals surface area contributed by atoms with Crippen LogP contribution < -0.4 is 4.46 Å². The van der Waals surface area contributed by atoms with E-state index in [0.717, 1.165) is 18.4 Å². The van der Waals surface area contributed by atoms with Crippen LogP contribution in [0.25, 0.3) is 0 Å². The summed E-state index contributed by atoms with van der Waals surface area (Å²) in [4.78, 5) is 0.382. The topological polar surface area (TPSA) is 34.1 Å². The molecule has 0 aromatic heterocycles. The van der Waals surface area contributed by atoms with Crippen molar-refractivity contribution in [1.29, 1.82) is 0 Å². The van der Waals surface area contributed by atoms with Gasteiger partial charge in [-0.2, -0.15) is 0 Å². The molecular formula is C25H32O2SSe. The fraction of sp³-hybridized carbons (Fsp3) is 0.400. The third-order valence-corrected chi connectivity index (χ3v) is 8.54. The van der Waals surface area contributed by atoms with Gasteiger partial charge in [0.1, 0.15) is 0 Å². The van der Waals surface area contributed by atoms with Crippen molar-refractivity contribution >= 4 is 29.3 Å². The summed E-state index contributed by atoms with van der Waals surface area (Å²) < 4.78 is 27.7. The van der Waals surface area contributed by atoms with Gasteiger partial charge < -0.3 is 0 Å². The van der Waals surface area contributed by atoms with Crippen LogP contribution in [-0.4, -0.2) is 29.1 Å². The van der Waals surface area contributed by atoms with E-state index in [9.17, 15) is 8.42 Å². The second-order valence-corrected chi connectivity index (χ2v) is 11.8. The van der Waals surface area contributed by atoms with Crippen LogP contribution >= 0.6 is 0 Å². The molecule has 2 rings (SSSR count). The van der Waals surface area contributed by atoms with Gasteiger partial charge in [-0.3, -0.25) is 0 Å². The Labute approximate surface area is 183 Å². The molecule has 0 heterocycles. The number of sulfone groups is 1. The Bertz CT molecular complexity index is 894. The number of benzene rings is 2. The van der Waals surface area contributed by atoms with Gasteiger partial charge in [-0.1, -0.05) is 0 Å². The average Bonchev–Trinajstić information content (AvgIpc) is 2.71. The molecule has 0 atom stereocenters. The maximum atomic E-state index is 12.6. The SMILES string of the molecule is CCCCCCCCC(=C=CCS(=O)(=O)c1ccc(C)cc1)[Se]c1ccccc1. The number of hydrogen-bond donors (Lipinski definition) is 0. The molecule has 0 aliphatic heterocycles. The second-order valence-electron chi connectivity index (χ2n) is 7.30. The van der Waals surface area contributed by atoms with Crippen LogP contribution in [0, 0.1) is 6.92 Å². The van der Waals surface area contributed by atoms with Crippen molar-refractivity contribution < 1.29 is 8.42 Å². The normalized spacial score (nSPS) is 11.1. The van der Waals surface area contributed by atoms with Crippen molar-refractivity contribution in [2.75, 3.05) is 5.75 Å². The summed E-state index contributed by atoms with van der Waals surface area (Å²) in [6.45, 7) is 4.19. The van der Waals surface area contributed by atoms with Gasteiger partial charge in [0.05, 0.1) is 0 Å². The molecule has 0 spiro atoms. The third kappa shape index (κ3) is 9.19. The minimum atomic E-state index is -3.31. The first-order valence-corrected chi connectivity index (χ1v) is 13.8. The fourth-order valence-corrected chi connectivity index (χ4v) is 6.03. The molecule has 0 bridgehead atoms. The zero-order valence-electron chi connectivity index (χ0n) is 17.6. The van der Waals surface area contributed by atoms with Gasteiger partial charge in [0.15, 0.2) is 0 Å². The Hall–Kier alpha value is -1.57. The molecule has 0 fully saturated rings. The Morgan fingerprint density at radius 3 is 2.28 bits per heavy atom. The molecule has 0 saturated carbocycles. The van der Waals surface area contributed by atoms with E-state index < -0.39 is 9.84 Å². The molecule has 0 saturated heterocycles. The molecule has 0 N–H and O–H groups in total. The van der Waals surface area contributed by atoms with Crippen LogP contribution in [0.5, 0.6) is 0 Å². The molecule has 4 heteroatoms. The van der Waals surface area contributed by atoms with E-state index in [-0.39, 0.29) is 20.7 Å². The monoisotopic (exact) mass is 476 g/mol. The van der Waals surface area contributed by atoms with E-state index in [4.69, 9.17) is 0 Å². The van der Waals surface area contributed by atoms with Crippen LogP contribution in [0.3, 0.4) is 0 Å². The molecular weight excluding hydrogens is 443 g/mol. The van der Waals surface area contributed by atoms with Gasteiger partial charge in [-0.25, -0.2) is 0 Å². The van der Waals surface area contributed by atoms with Crippen molar-refractivity contribution in [3.8, 4) is 0 Å². The van der Waals surface area contributed by atoms with Crippen LogP contribution in [0.1, 0.15) is 57.4 Å². The number of rotatable bonds is 12. The molecule has 0 amide bonds. The second kappa shape index (κ2) is 12.9. The van der Waals surface area contributed by atoms with Gasteiger partial charge in [-0.05, 0) is 0 Å². The molecule has 0 radical (unpaired) electrons. The van der Waals surface area contributed by atoms with Crippen molar-refractivity contribution in [3.05, 3.63) is 76.4 Å². The zero-order chi connectivity index (χ0) is 21.0. The first kappa shape index (κ1) is 23.7. The zero-order valence-corrected chi connectivity index (χ0v) is 20.1. The van der Waals surface area contributed by atoms with E-state index in [2.05, 4.69) is 36.9 Å². The van der Waals surface area contributed by atoms with Crippen molar-refractivity contribution in [1.82, 2.24) is 0 Å². The summed E-state index contributed by atoms with van der Waals surface area (Å²) in [6, 6.07) is 17.5. The maximum absolute atomic E-state index is 12.6. The summed E-state index contributed by atoms with van der Waals surface area (Å²) in [5, 5.41) is 0. The molecule has 29 heavy (non-hydrogen) atoms. The van der Waals surface area contributed by atoms with Gasteiger partial charge >= 0.3 is 184 Å². The molecule has 2 aromatic carbocycles. The van der Waals surface area contributed by atoms with E-state index in [1.807, 2.05) is 25.1 Å². The Morgan fingerprint density at radius 1 is 0.931 bits per heavy atom. The Balaban J connectivity index is 2.04. The predicted molar refractivity (Wildman–Crippen MR) is 125 cm³/mol. The minimum absolute atomic E-state index is 0.000923. The average molecular weight is 476 g/mol. The van der Waals surface area contributed by atoms with Crippen molar-refractivity contribution in [2.24, 2.45) is 0 Å². The molecule has 0 aliphatic rings. The first-order valence-electron chi connectivity index (χ1n) is 10.5. The number of aryl methyl sites for hydroxylation is 1. The number of unbranched alkanes of at least 4 members (excludes halogenated alkanes) is 5. The van der Waals surface area contributed by atoms with Gasteiger partial charge in [0.2, 0.25) is 0 Å². The van der Waals surface area contributed by atoms with Crippen LogP contribution in [-0.2, 0) is 9.84 Å². The summed E-state index contributed by atoms with van der Waals surface area (Å²) in [5.41, 5.74) is 4.41. The molecule has 2 nitrogen and oxygen atoms in total. The third-order valence-electron chi connectivity index (χ3n) is 4.69. The van der Waals surface area contributed by atoms with Crippen molar-refractivity contribution in [3.63, 3.8) is 0 Å². The van der Waals surface area contributed by atoms with Crippen LogP contribution in [0.2, 0.25) is 0 Å². The van der Waals surface area contributed by atoms with Gasteiger partial charge in [-0.15, -0.1) is 0 Å². The fourth-order valence-electron chi connectivity index (χ4n) is 2.96. The quantitative estimate of drug-likeness (QED) is 0.228. The predicted octanol–water partition coefficient (Wildman–Crippen LogP) is 5.59. The van der Waals surface area contributed by atoms with Gasteiger partial charge in [0.25, 0.3) is 0 Å². The summed E-state index contributed by atoms with van der Waals surface area (Å²) in [7, 11) is -3.31. The Kier molecular flexibility index (Phi) is 10.5. The van der Waals surface area contributed by atoms with Crippen LogP contribution in [0.15, 0.2) is 75.8 Å². The Morgan fingerprint density at radius 2 is 1.59 bits per heavy atom. The van der Waals surface area contributed by atoms with E-state index in [1.165, 1.54) is 41.0 Å². The summed E-state index contributed by atoms with van der Waals surface area (Å²) in [5.74, 6) is 0.000923.